The van der Waals surface area contributed by atoms with Crippen molar-refractivity contribution in [1.29, 1.82) is 0 Å². The van der Waals surface area contributed by atoms with Crippen LogP contribution in [0, 0.1) is 11.6 Å². The van der Waals surface area contributed by atoms with Gasteiger partial charge in [-0.2, -0.15) is 0 Å². The summed E-state index contributed by atoms with van der Waals surface area (Å²) < 4.78 is 27.2. The Bertz CT molecular complexity index is 1550. The van der Waals surface area contributed by atoms with Crippen LogP contribution in [0.2, 0.25) is 0 Å². The summed E-state index contributed by atoms with van der Waals surface area (Å²) in [5, 5.41) is 6.96. The fourth-order valence-corrected chi connectivity index (χ4v) is 4.18. The lowest BCUT2D eigenvalue weighted by molar-refractivity contribution is -0.120. The first-order chi connectivity index (χ1) is 17.0. The molecule has 4 N–H and O–H groups in total. The van der Waals surface area contributed by atoms with Crippen LogP contribution in [-0.2, 0) is 11.2 Å². The fraction of sp³-hybridized carbons (Fsp3) is 0.111. The van der Waals surface area contributed by atoms with Crippen LogP contribution in [-0.4, -0.2) is 34.9 Å². The molecule has 0 saturated heterocycles. The van der Waals surface area contributed by atoms with Gasteiger partial charge in [0.1, 0.15) is 11.6 Å². The van der Waals surface area contributed by atoms with Gasteiger partial charge in [-0.25, -0.2) is 8.78 Å². The van der Waals surface area contributed by atoms with Gasteiger partial charge in [-0.05, 0) is 66.1 Å². The van der Waals surface area contributed by atoms with Gasteiger partial charge < -0.3 is 20.6 Å². The first kappa shape index (κ1) is 22.3. The van der Waals surface area contributed by atoms with E-state index in [9.17, 15) is 18.4 Å². The van der Waals surface area contributed by atoms with E-state index in [1.54, 1.807) is 48.8 Å². The number of nitrogens with one attached hydrogen (secondary N) is 4. The van der Waals surface area contributed by atoms with Gasteiger partial charge in [0.2, 0.25) is 5.91 Å². The van der Waals surface area contributed by atoms with Crippen molar-refractivity contribution in [2.24, 2.45) is 0 Å². The van der Waals surface area contributed by atoms with Gasteiger partial charge in [-0.3, -0.25) is 9.59 Å². The van der Waals surface area contributed by atoms with Crippen molar-refractivity contribution >= 4 is 33.6 Å². The highest BCUT2D eigenvalue weighted by Crippen LogP contribution is 2.29. The van der Waals surface area contributed by atoms with Crippen molar-refractivity contribution in [1.82, 2.24) is 20.6 Å². The molecule has 5 rings (SSSR count). The third kappa shape index (κ3) is 4.77. The smallest absolute Gasteiger partial charge is 0.251 e. The number of aromatic amines is 2. The van der Waals surface area contributed by atoms with Crippen molar-refractivity contribution < 1.29 is 18.4 Å². The number of amides is 2. The predicted octanol–water partition coefficient (Wildman–Crippen LogP) is 4.68. The third-order valence-corrected chi connectivity index (χ3v) is 5.94. The molecule has 0 fully saturated rings. The second kappa shape index (κ2) is 9.42. The number of hydrogen-bond acceptors (Lipinski definition) is 2. The summed E-state index contributed by atoms with van der Waals surface area (Å²) >= 11 is 0. The number of fused-ring (bicyclic) bond motifs is 2. The summed E-state index contributed by atoms with van der Waals surface area (Å²) in [6, 6.07) is 15.9. The van der Waals surface area contributed by atoms with E-state index in [1.807, 2.05) is 0 Å². The van der Waals surface area contributed by atoms with E-state index in [0.29, 0.717) is 24.1 Å². The van der Waals surface area contributed by atoms with Gasteiger partial charge in [0, 0.05) is 51.9 Å². The average Bonchev–Trinajstić information content (AvgIpc) is 3.46. The first-order valence-corrected chi connectivity index (χ1v) is 11.2. The van der Waals surface area contributed by atoms with Crippen LogP contribution in [0.25, 0.3) is 32.9 Å². The van der Waals surface area contributed by atoms with Crippen molar-refractivity contribution in [3.63, 3.8) is 0 Å². The molecule has 3 aromatic carbocycles. The average molecular weight is 472 g/mol. The Morgan fingerprint density at radius 3 is 2.43 bits per heavy atom. The third-order valence-electron chi connectivity index (χ3n) is 5.94. The summed E-state index contributed by atoms with van der Waals surface area (Å²) in [5.74, 6) is -1.37. The monoisotopic (exact) mass is 472 g/mol. The molecule has 6 nitrogen and oxygen atoms in total. The molecule has 0 aliphatic carbocycles. The van der Waals surface area contributed by atoms with E-state index >= 15 is 0 Å². The van der Waals surface area contributed by atoms with Gasteiger partial charge in [-0.15, -0.1) is 0 Å². The molecule has 8 heteroatoms. The van der Waals surface area contributed by atoms with Crippen LogP contribution in [0.4, 0.5) is 8.78 Å². The zero-order valence-electron chi connectivity index (χ0n) is 18.6. The van der Waals surface area contributed by atoms with Crippen LogP contribution in [0.3, 0.4) is 0 Å². The van der Waals surface area contributed by atoms with Gasteiger partial charge in [-0.1, -0.05) is 12.1 Å². The van der Waals surface area contributed by atoms with Crippen LogP contribution in [0.1, 0.15) is 15.9 Å². The minimum atomic E-state index is -0.388. The lowest BCUT2D eigenvalue weighted by Crippen LogP contribution is -2.37. The Morgan fingerprint density at radius 2 is 1.57 bits per heavy atom. The van der Waals surface area contributed by atoms with E-state index in [-0.39, 0.29) is 30.0 Å². The molecule has 0 radical (unpaired) electrons. The van der Waals surface area contributed by atoms with Gasteiger partial charge >= 0.3 is 0 Å². The van der Waals surface area contributed by atoms with Gasteiger partial charge in [0.15, 0.2) is 0 Å². The molecule has 0 aliphatic heterocycles. The lowest BCUT2D eigenvalue weighted by Gasteiger charge is -2.08. The Labute approximate surface area is 199 Å². The van der Waals surface area contributed by atoms with Crippen molar-refractivity contribution in [3.8, 4) is 11.1 Å². The van der Waals surface area contributed by atoms with E-state index in [1.165, 1.54) is 24.3 Å². The molecule has 2 heterocycles. The Morgan fingerprint density at radius 1 is 0.800 bits per heavy atom. The van der Waals surface area contributed by atoms with Crippen LogP contribution >= 0.6 is 0 Å². The summed E-state index contributed by atoms with van der Waals surface area (Å²) in [7, 11) is 0. The molecule has 0 atom stereocenters. The second-order valence-corrected chi connectivity index (χ2v) is 8.26. The number of H-pyrrole nitrogens is 2. The minimum absolute atomic E-state index is 0.177. The highest BCUT2D eigenvalue weighted by molar-refractivity contribution is 6.03. The molecular formula is C27H22F2N4O2. The van der Waals surface area contributed by atoms with Crippen molar-refractivity contribution in [2.75, 3.05) is 13.1 Å². The normalized spacial score (nSPS) is 11.1. The molecule has 0 spiro atoms. The highest BCUT2D eigenvalue weighted by Gasteiger charge is 2.13. The predicted molar refractivity (Wildman–Crippen MR) is 131 cm³/mol. The van der Waals surface area contributed by atoms with E-state index in [2.05, 4.69) is 20.6 Å². The number of halogens is 2. The molecule has 2 aromatic heterocycles. The number of benzene rings is 3. The molecular weight excluding hydrogens is 450 g/mol. The summed E-state index contributed by atoms with van der Waals surface area (Å²) in [6.07, 6.45) is 4.10. The Kier molecular flexibility index (Phi) is 6.01. The molecule has 0 unspecified atom stereocenters. The first-order valence-electron chi connectivity index (χ1n) is 11.2. The molecule has 2 amide bonds. The molecule has 0 saturated carbocycles. The minimum Gasteiger partial charge on any atom is -0.361 e. The summed E-state index contributed by atoms with van der Waals surface area (Å²) in [5.41, 5.74) is 4.42. The molecule has 5 aromatic rings. The van der Waals surface area contributed by atoms with E-state index < -0.39 is 0 Å². The summed E-state index contributed by atoms with van der Waals surface area (Å²) in [4.78, 5) is 31.1. The van der Waals surface area contributed by atoms with Crippen LogP contribution in [0.5, 0.6) is 0 Å². The van der Waals surface area contributed by atoms with Crippen molar-refractivity contribution in [3.05, 3.63) is 95.8 Å². The number of aromatic nitrogens is 2. The standard InChI is InChI=1S/C27H22F2N4O2/c28-19-3-1-2-16(10-19)23-14-32-25-6-4-17(11-22(23)25)27(35)33-15-26(34)30-9-8-18-13-31-24-7-5-20(29)12-21(18)24/h1-7,10-14,31-32H,8-9,15H2,(H,30,34)(H,33,35). The van der Waals surface area contributed by atoms with Crippen molar-refractivity contribution in [2.45, 2.75) is 6.42 Å². The maximum absolute atomic E-state index is 13.7. The maximum atomic E-state index is 13.7. The maximum Gasteiger partial charge on any atom is 0.251 e. The quantitative estimate of drug-likeness (QED) is 0.277. The number of hydrogen-bond donors (Lipinski definition) is 4. The van der Waals surface area contributed by atoms with Crippen LogP contribution in [0.15, 0.2) is 73.1 Å². The lowest BCUT2D eigenvalue weighted by atomic mass is 10.0. The molecule has 0 bridgehead atoms. The largest absolute Gasteiger partial charge is 0.361 e. The van der Waals surface area contributed by atoms with Gasteiger partial charge in [0.05, 0.1) is 6.54 Å². The number of rotatable bonds is 7. The summed E-state index contributed by atoms with van der Waals surface area (Å²) in [6.45, 7) is 0.174. The van der Waals surface area contributed by atoms with Crippen LogP contribution < -0.4 is 10.6 Å². The zero-order chi connectivity index (χ0) is 24.4. The Balaban J connectivity index is 1.19. The number of carbonyl (C=O) groups excluding carboxylic acids is 2. The second-order valence-electron chi connectivity index (χ2n) is 8.26. The molecule has 0 aliphatic rings. The van der Waals surface area contributed by atoms with E-state index in [0.717, 1.165) is 32.9 Å². The molecule has 35 heavy (non-hydrogen) atoms. The topological polar surface area (TPSA) is 89.8 Å². The van der Waals surface area contributed by atoms with Gasteiger partial charge in [0.25, 0.3) is 5.91 Å². The fourth-order valence-electron chi connectivity index (χ4n) is 4.18. The Hall–Kier alpha value is -4.46. The highest BCUT2D eigenvalue weighted by atomic mass is 19.1. The zero-order valence-corrected chi connectivity index (χ0v) is 18.6. The molecule has 176 valence electrons. The van der Waals surface area contributed by atoms with E-state index in [4.69, 9.17) is 0 Å². The number of carbonyl (C=O) groups is 2. The SMILES string of the molecule is O=C(CNC(=O)c1ccc2[nH]cc(-c3cccc(F)c3)c2c1)NCCc1c[nH]c2ccc(F)cc12.